The van der Waals surface area contributed by atoms with Crippen LogP contribution in [0.25, 0.3) is 0 Å². The van der Waals surface area contributed by atoms with E-state index in [0.29, 0.717) is 11.4 Å². The molecular formula is C20H17BrN2O5. The van der Waals surface area contributed by atoms with Gasteiger partial charge in [-0.3, -0.25) is 19.3 Å². The summed E-state index contributed by atoms with van der Waals surface area (Å²) in [6, 6.07) is 11.3. The van der Waals surface area contributed by atoms with Gasteiger partial charge in [-0.25, -0.2) is 4.79 Å². The van der Waals surface area contributed by atoms with Gasteiger partial charge >= 0.3 is 5.97 Å². The van der Waals surface area contributed by atoms with Crippen LogP contribution in [0.2, 0.25) is 0 Å². The van der Waals surface area contributed by atoms with Crippen molar-refractivity contribution in [2.75, 3.05) is 16.8 Å². The number of anilines is 2. The molecule has 1 heterocycles. The highest BCUT2D eigenvalue weighted by molar-refractivity contribution is 9.10. The summed E-state index contributed by atoms with van der Waals surface area (Å²) in [5.41, 5.74) is 2.13. The molecule has 1 aliphatic heterocycles. The summed E-state index contributed by atoms with van der Waals surface area (Å²) < 4.78 is 5.92. The lowest BCUT2D eigenvalue weighted by atomic mass is 10.2. The smallest absolute Gasteiger partial charge is 0.338 e. The highest BCUT2D eigenvalue weighted by Crippen LogP contribution is 2.23. The molecule has 0 spiro atoms. The van der Waals surface area contributed by atoms with Gasteiger partial charge in [0.15, 0.2) is 6.61 Å². The second kappa shape index (κ2) is 8.35. The second-order valence-electron chi connectivity index (χ2n) is 6.25. The zero-order valence-corrected chi connectivity index (χ0v) is 16.6. The van der Waals surface area contributed by atoms with Gasteiger partial charge < -0.3 is 10.1 Å². The molecule has 0 aliphatic carbocycles. The van der Waals surface area contributed by atoms with Gasteiger partial charge in [-0.05, 0) is 55.0 Å². The fourth-order valence-electron chi connectivity index (χ4n) is 2.78. The van der Waals surface area contributed by atoms with Crippen LogP contribution in [-0.4, -0.2) is 30.3 Å². The minimum absolute atomic E-state index is 0.190. The molecule has 8 heteroatoms. The van der Waals surface area contributed by atoms with Crippen molar-refractivity contribution in [2.24, 2.45) is 0 Å². The Hall–Kier alpha value is -3.00. The fourth-order valence-corrected chi connectivity index (χ4v) is 3.25. The Bertz CT molecular complexity index is 940. The Balaban J connectivity index is 1.56. The maximum Gasteiger partial charge on any atom is 0.338 e. The van der Waals surface area contributed by atoms with Gasteiger partial charge in [0.2, 0.25) is 11.8 Å². The third-order valence-corrected chi connectivity index (χ3v) is 4.70. The molecule has 1 saturated heterocycles. The van der Waals surface area contributed by atoms with Crippen LogP contribution in [0.4, 0.5) is 11.4 Å². The molecule has 0 atom stereocenters. The molecule has 3 amide bonds. The molecule has 1 fully saturated rings. The molecule has 1 N–H and O–H groups in total. The van der Waals surface area contributed by atoms with Gasteiger partial charge in [-0.15, -0.1) is 0 Å². The van der Waals surface area contributed by atoms with Crippen molar-refractivity contribution in [3.8, 4) is 0 Å². The SMILES string of the molecule is Cc1cc(Br)ccc1NC(=O)COC(=O)c1ccc(N2C(=O)CCC2=O)cc1. The highest BCUT2D eigenvalue weighted by Gasteiger charge is 2.30. The molecule has 0 aromatic heterocycles. The third kappa shape index (κ3) is 4.45. The van der Waals surface area contributed by atoms with Crippen LogP contribution in [-0.2, 0) is 19.1 Å². The van der Waals surface area contributed by atoms with Gasteiger partial charge in [0.1, 0.15) is 0 Å². The number of nitrogens with zero attached hydrogens (tertiary/aromatic N) is 1. The number of rotatable bonds is 5. The van der Waals surface area contributed by atoms with E-state index >= 15 is 0 Å². The van der Waals surface area contributed by atoms with Crippen molar-refractivity contribution in [1.82, 2.24) is 0 Å². The van der Waals surface area contributed by atoms with Crippen molar-refractivity contribution < 1.29 is 23.9 Å². The Kier molecular flexibility index (Phi) is 5.89. The van der Waals surface area contributed by atoms with Crippen molar-refractivity contribution in [3.05, 3.63) is 58.1 Å². The molecule has 2 aromatic rings. The molecule has 144 valence electrons. The third-order valence-electron chi connectivity index (χ3n) is 4.21. The van der Waals surface area contributed by atoms with Crippen molar-refractivity contribution >= 4 is 51.0 Å². The number of imide groups is 1. The minimum Gasteiger partial charge on any atom is -0.452 e. The minimum atomic E-state index is -0.673. The molecule has 7 nitrogen and oxygen atoms in total. The lowest BCUT2D eigenvalue weighted by Gasteiger charge is -2.14. The van der Waals surface area contributed by atoms with Crippen LogP contribution in [0.15, 0.2) is 46.9 Å². The maximum atomic E-state index is 12.1. The molecule has 1 aliphatic rings. The van der Waals surface area contributed by atoms with E-state index < -0.39 is 18.5 Å². The monoisotopic (exact) mass is 444 g/mol. The largest absolute Gasteiger partial charge is 0.452 e. The summed E-state index contributed by atoms with van der Waals surface area (Å²) >= 11 is 3.35. The van der Waals surface area contributed by atoms with Crippen LogP contribution in [0.1, 0.15) is 28.8 Å². The van der Waals surface area contributed by atoms with E-state index in [-0.39, 0.29) is 30.2 Å². The van der Waals surface area contributed by atoms with E-state index in [1.54, 1.807) is 12.1 Å². The van der Waals surface area contributed by atoms with Gasteiger partial charge in [0, 0.05) is 23.0 Å². The quantitative estimate of drug-likeness (QED) is 0.564. The summed E-state index contributed by atoms with van der Waals surface area (Å²) in [5.74, 6) is -1.66. The Labute approximate surface area is 169 Å². The van der Waals surface area contributed by atoms with E-state index in [1.165, 1.54) is 24.3 Å². The van der Waals surface area contributed by atoms with Gasteiger partial charge in [0.05, 0.1) is 11.3 Å². The number of hydrogen-bond donors (Lipinski definition) is 1. The molecular weight excluding hydrogens is 428 g/mol. The van der Waals surface area contributed by atoms with Gasteiger partial charge in [-0.2, -0.15) is 0 Å². The Morgan fingerprint density at radius 2 is 1.71 bits per heavy atom. The normalized spacial score (nSPS) is 13.6. The highest BCUT2D eigenvalue weighted by atomic mass is 79.9. The number of hydrogen-bond acceptors (Lipinski definition) is 5. The zero-order valence-electron chi connectivity index (χ0n) is 15.0. The molecule has 0 bridgehead atoms. The lowest BCUT2D eigenvalue weighted by Crippen LogP contribution is -2.28. The zero-order chi connectivity index (χ0) is 20.3. The topological polar surface area (TPSA) is 92.8 Å². The molecule has 0 unspecified atom stereocenters. The summed E-state index contributed by atoms with van der Waals surface area (Å²) in [6.07, 6.45) is 0.380. The average Bonchev–Trinajstić information content (AvgIpc) is 3.00. The van der Waals surface area contributed by atoms with E-state index in [4.69, 9.17) is 4.74 Å². The lowest BCUT2D eigenvalue weighted by molar-refractivity contribution is -0.121. The van der Waals surface area contributed by atoms with Crippen molar-refractivity contribution in [3.63, 3.8) is 0 Å². The number of halogens is 1. The number of benzene rings is 2. The van der Waals surface area contributed by atoms with E-state index in [1.807, 2.05) is 13.0 Å². The standard InChI is InChI=1S/C20H17BrN2O5/c1-12-10-14(21)4-7-16(12)22-17(24)11-28-20(27)13-2-5-15(6-3-13)23-18(25)8-9-19(23)26/h2-7,10H,8-9,11H2,1H3,(H,22,24). The number of amides is 3. The molecule has 28 heavy (non-hydrogen) atoms. The number of aryl methyl sites for hydroxylation is 1. The predicted octanol–water partition coefficient (Wildman–Crippen LogP) is 3.21. The second-order valence-corrected chi connectivity index (χ2v) is 7.17. The van der Waals surface area contributed by atoms with E-state index in [9.17, 15) is 19.2 Å². The van der Waals surface area contributed by atoms with E-state index in [2.05, 4.69) is 21.2 Å². The van der Waals surface area contributed by atoms with Crippen molar-refractivity contribution in [2.45, 2.75) is 19.8 Å². The number of ether oxygens (including phenoxy) is 1. The Morgan fingerprint density at radius 1 is 1.07 bits per heavy atom. The van der Waals surface area contributed by atoms with Crippen LogP contribution < -0.4 is 10.2 Å². The summed E-state index contributed by atoms with van der Waals surface area (Å²) in [6.45, 7) is 1.42. The van der Waals surface area contributed by atoms with Crippen LogP contribution in [0.3, 0.4) is 0 Å². The summed E-state index contributed by atoms with van der Waals surface area (Å²) in [7, 11) is 0. The van der Waals surface area contributed by atoms with E-state index in [0.717, 1.165) is 14.9 Å². The molecule has 3 rings (SSSR count). The summed E-state index contributed by atoms with van der Waals surface area (Å²) in [4.78, 5) is 48.7. The van der Waals surface area contributed by atoms with Crippen LogP contribution >= 0.6 is 15.9 Å². The predicted molar refractivity (Wildman–Crippen MR) is 106 cm³/mol. The molecule has 0 saturated carbocycles. The Morgan fingerprint density at radius 3 is 2.32 bits per heavy atom. The first-order valence-electron chi connectivity index (χ1n) is 8.54. The average molecular weight is 445 g/mol. The molecule has 2 aromatic carbocycles. The van der Waals surface area contributed by atoms with Gasteiger partial charge in [0.25, 0.3) is 5.91 Å². The number of carbonyl (C=O) groups is 4. The molecule has 0 radical (unpaired) electrons. The first-order chi connectivity index (χ1) is 13.3. The number of nitrogens with one attached hydrogen (secondary N) is 1. The van der Waals surface area contributed by atoms with Crippen molar-refractivity contribution in [1.29, 1.82) is 0 Å². The first-order valence-corrected chi connectivity index (χ1v) is 9.33. The number of carbonyl (C=O) groups excluding carboxylic acids is 4. The first kappa shape index (κ1) is 19.8. The number of esters is 1. The fraction of sp³-hybridized carbons (Fsp3) is 0.200. The van der Waals surface area contributed by atoms with Crippen LogP contribution in [0.5, 0.6) is 0 Å². The van der Waals surface area contributed by atoms with Crippen LogP contribution in [0, 0.1) is 6.92 Å². The maximum absolute atomic E-state index is 12.1. The summed E-state index contributed by atoms with van der Waals surface area (Å²) in [5, 5.41) is 2.68. The van der Waals surface area contributed by atoms with Gasteiger partial charge in [-0.1, -0.05) is 15.9 Å².